The fourth-order valence-corrected chi connectivity index (χ4v) is 8.86. The van der Waals surface area contributed by atoms with Crippen LogP contribution in [0.15, 0.2) is 266 Å². The second-order valence-electron chi connectivity index (χ2n) is 15.2. The molecule has 0 bridgehead atoms. The predicted octanol–water partition coefficient (Wildman–Crippen LogP) is 14.8. The van der Waals surface area contributed by atoms with Crippen LogP contribution in [0.25, 0.3) is 33.4 Å². The molecule has 1 spiro atoms. The first kappa shape index (κ1) is 37.3. The molecule has 0 amide bonds. The van der Waals surface area contributed by atoms with Gasteiger partial charge in [0.15, 0.2) is 0 Å². The summed E-state index contributed by atoms with van der Waals surface area (Å²) in [6.45, 7) is 4.80. The number of benzene rings is 6. The van der Waals surface area contributed by atoms with Crippen LogP contribution in [-0.2, 0) is 18.3 Å². The molecule has 1 unspecified atom stereocenters. The third-order valence-electron chi connectivity index (χ3n) is 11.7. The Morgan fingerprint density at radius 1 is 0.508 bits per heavy atom. The van der Waals surface area contributed by atoms with Gasteiger partial charge in [0, 0.05) is 0 Å². The van der Waals surface area contributed by atoms with Crippen LogP contribution in [0.2, 0.25) is 0 Å². The van der Waals surface area contributed by atoms with Gasteiger partial charge in [-0.3, -0.25) is 0 Å². The molecule has 1 atom stereocenters. The Hall–Kier alpha value is -7.28. The van der Waals surface area contributed by atoms with Crippen molar-refractivity contribution in [3.63, 3.8) is 0 Å². The van der Waals surface area contributed by atoms with Gasteiger partial charge in [-0.25, -0.2) is 0 Å². The lowest BCUT2D eigenvalue weighted by Crippen LogP contribution is -2.30. The van der Waals surface area contributed by atoms with Crippen LogP contribution >= 0.6 is 0 Å². The average Bonchev–Trinajstić information content (AvgIpc) is 3.60. The Morgan fingerprint density at radius 2 is 1.10 bits per heavy atom. The van der Waals surface area contributed by atoms with E-state index in [0.717, 1.165) is 24.0 Å². The molecule has 59 heavy (non-hydrogen) atoms. The highest BCUT2D eigenvalue weighted by Gasteiger charge is 2.48. The lowest BCUT2D eigenvalue weighted by atomic mass is 9.65. The third kappa shape index (κ3) is 7.50. The van der Waals surface area contributed by atoms with Crippen molar-refractivity contribution in [1.82, 2.24) is 0 Å². The Morgan fingerprint density at radius 3 is 1.86 bits per heavy atom. The summed E-state index contributed by atoms with van der Waals surface area (Å²) in [6, 6.07) is 56.9. The van der Waals surface area contributed by atoms with Crippen LogP contribution in [0.3, 0.4) is 0 Å². The first-order valence-electron chi connectivity index (χ1n) is 20.6. The molecule has 0 radical (unpaired) electrons. The monoisotopic (exact) mass is 754 g/mol. The molecule has 3 aliphatic rings. The molecule has 0 fully saturated rings. The van der Waals surface area contributed by atoms with Crippen LogP contribution in [0.4, 0.5) is 0 Å². The van der Waals surface area contributed by atoms with Crippen molar-refractivity contribution in [3.05, 3.63) is 299 Å². The second kappa shape index (κ2) is 17.1. The van der Waals surface area contributed by atoms with Crippen molar-refractivity contribution in [2.45, 2.75) is 18.3 Å². The van der Waals surface area contributed by atoms with Crippen LogP contribution in [0.5, 0.6) is 0 Å². The van der Waals surface area contributed by atoms with E-state index in [-0.39, 0.29) is 0 Å². The zero-order valence-electron chi connectivity index (χ0n) is 33.2. The molecular weight excluding hydrogens is 709 g/mol. The molecule has 6 aromatic carbocycles. The number of allylic oxidation sites excluding steroid dienone is 19. The summed E-state index contributed by atoms with van der Waals surface area (Å²) in [5.74, 6) is 0. The van der Waals surface area contributed by atoms with Gasteiger partial charge in [0.2, 0.25) is 0 Å². The van der Waals surface area contributed by atoms with Crippen molar-refractivity contribution in [2.24, 2.45) is 0 Å². The number of hydrogen-bond acceptors (Lipinski definition) is 0. The minimum atomic E-state index is -0.539. The van der Waals surface area contributed by atoms with Gasteiger partial charge in [0.1, 0.15) is 0 Å². The van der Waals surface area contributed by atoms with Crippen molar-refractivity contribution < 1.29 is 0 Å². The Balaban J connectivity index is 1.07. The van der Waals surface area contributed by atoms with Crippen LogP contribution in [-0.4, -0.2) is 0 Å². The van der Waals surface area contributed by atoms with E-state index < -0.39 is 5.41 Å². The van der Waals surface area contributed by atoms with Crippen LogP contribution in [0.1, 0.15) is 33.4 Å². The molecule has 6 aromatic rings. The standard InChI is InChI=1S/C59H46/c1-44-20-6-2-12-27-52-28-15-17-31-56(52)59(44)57-32-18-14-26-51(25-11-5-13-29-54(57)55-30-16-19-33-58(55)59)53(50-23-9-4-10-24-50)43-36-45-34-37-47(38-35-45)49-41-39-48(40-42-49)46-21-7-3-8-22-46/h2-26,28-35,37-43H,1,27,36H2/b11-5?,12-2-,13-5+,18-14-,20-6-,25-11-,26-14?,29-13?,32-18?,51-25?,51-26+,53-43-,54-29+,57-32+. The highest BCUT2D eigenvalue weighted by molar-refractivity contribution is 5.95. The van der Waals surface area contributed by atoms with Gasteiger partial charge in [-0.05, 0) is 96.3 Å². The van der Waals surface area contributed by atoms with Gasteiger partial charge in [-0.1, -0.05) is 249 Å². The molecule has 0 heterocycles. The molecule has 0 aromatic heterocycles. The summed E-state index contributed by atoms with van der Waals surface area (Å²) in [4.78, 5) is 0. The summed E-state index contributed by atoms with van der Waals surface area (Å²) in [5, 5.41) is 0. The number of fused-ring (bicyclic) bond motifs is 7. The number of rotatable bonds is 6. The maximum absolute atomic E-state index is 4.80. The third-order valence-corrected chi connectivity index (χ3v) is 11.7. The van der Waals surface area contributed by atoms with Crippen molar-refractivity contribution >= 4 is 11.1 Å². The first-order chi connectivity index (χ1) is 29.2. The van der Waals surface area contributed by atoms with Gasteiger partial charge in [-0.15, -0.1) is 0 Å². The summed E-state index contributed by atoms with van der Waals surface area (Å²) in [6.07, 6.45) is 32.8. The summed E-state index contributed by atoms with van der Waals surface area (Å²) in [7, 11) is 0. The molecule has 0 nitrogen and oxygen atoms in total. The molecule has 282 valence electrons. The molecule has 3 aliphatic carbocycles. The smallest absolute Gasteiger partial charge is 0.0710 e. The predicted molar refractivity (Wildman–Crippen MR) is 252 cm³/mol. The normalized spacial score (nSPS) is 22.7. The van der Waals surface area contributed by atoms with Gasteiger partial charge in [-0.2, -0.15) is 0 Å². The molecule has 0 saturated heterocycles. The minimum absolute atomic E-state index is 0.539. The summed E-state index contributed by atoms with van der Waals surface area (Å²) >= 11 is 0. The maximum atomic E-state index is 4.80. The maximum Gasteiger partial charge on any atom is 0.0710 e. The zero-order chi connectivity index (χ0) is 39.9. The largest absolute Gasteiger partial charge is 0.0942 e. The minimum Gasteiger partial charge on any atom is -0.0942 e. The van der Waals surface area contributed by atoms with Gasteiger partial charge in [0.25, 0.3) is 0 Å². The fraction of sp³-hybridized carbons (Fsp3) is 0.0508. The van der Waals surface area contributed by atoms with E-state index in [4.69, 9.17) is 6.58 Å². The van der Waals surface area contributed by atoms with Gasteiger partial charge in [0.05, 0.1) is 5.41 Å². The van der Waals surface area contributed by atoms with E-state index in [0.29, 0.717) is 0 Å². The van der Waals surface area contributed by atoms with Gasteiger partial charge >= 0.3 is 0 Å². The molecular formula is C59H46. The molecule has 0 aliphatic heterocycles. The van der Waals surface area contributed by atoms with Crippen molar-refractivity contribution in [1.29, 1.82) is 0 Å². The van der Waals surface area contributed by atoms with Crippen molar-refractivity contribution in [3.8, 4) is 22.3 Å². The molecule has 9 rings (SSSR count). The van der Waals surface area contributed by atoms with Gasteiger partial charge < -0.3 is 0 Å². The molecule has 0 heteroatoms. The van der Waals surface area contributed by atoms with Crippen molar-refractivity contribution in [2.75, 3.05) is 0 Å². The van der Waals surface area contributed by atoms with E-state index in [1.807, 2.05) is 0 Å². The lowest BCUT2D eigenvalue weighted by molar-refractivity contribution is 0.760. The van der Waals surface area contributed by atoms with Crippen LogP contribution < -0.4 is 0 Å². The Kier molecular flexibility index (Phi) is 10.8. The molecule has 0 saturated carbocycles. The quantitative estimate of drug-likeness (QED) is 0.159. The average molecular weight is 755 g/mol. The topological polar surface area (TPSA) is 0 Å². The number of hydrogen-bond donors (Lipinski definition) is 0. The Bertz CT molecular complexity index is 2770. The summed E-state index contributed by atoms with van der Waals surface area (Å²) in [5.41, 5.74) is 17.8. The summed E-state index contributed by atoms with van der Waals surface area (Å²) < 4.78 is 0. The van der Waals surface area contributed by atoms with E-state index in [2.05, 4.69) is 243 Å². The fourth-order valence-electron chi connectivity index (χ4n) is 8.86. The van der Waals surface area contributed by atoms with E-state index in [1.54, 1.807) is 0 Å². The Labute approximate surface area is 349 Å². The second-order valence-corrected chi connectivity index (χ2v) is 15.2. The highest BCUT2D eigenvalue weighted by Crippen LogP contribution is 2.58. The zero-order valence-corrected chi connectivity index (χ0v) is 33.2. The highest BCUT2D eigenvalue weighted by atomic mass is 14.5. The lowest BCUT2D eigenvalue weighted by Gasteiger charge is -2.36. The van der Waals surface area contributed by atoms with E-state index in [1.165, 1.54) is 72.4 Å². The van der Waals surface area contributed by atoms with Crippen LogP contribution in [0, 0.1) is 0 Å². The molecule has 0 N–H and O–H groups in total. The van der Waals surface area contributed by atoms with E-state index >= 15 is 0 Å². The first-order valence-corrected chi connectivity index (χ1v) is 20.6. The van der Waals surface area contributed by atoms with E-state index in [9.17, 15) is 0 Å². The SMILES string of the molecule is C=C1/C=C\C=C/Cc2ccccc2C12C1=C\C=C/C=C(/C(=C\Cc3ccc(-c4ccc(-c5ccccc5)cc4)cc3)c3ccccc3)\C=C/C=C/C=C/1c1ccccc12.